The summed E-state index contributed by atoms with van der Waals surface area (Å²) in [7, 11) is 0. The zero-order valence-electron chi connectivity index (χ0n) is 11.4. The van der Waals surface area contributed by atoms with Crippen LogP contribution in [0.25, 0.3) is 0 Å². The van der Waals surface area contributed by atoms with E-state index in [2.05, 4.69) is 19.2 Å². The van der Waals surface area contributed by atoms with Gasteiger partial charge in [0.05, 0.1) is 6.10 Å². The van der Waals surface area contributed by atoms with Crippen molar-refractivity contribution in [3.05, 3.63) is 35.4 Å². The van der Waals surface area contributed by atoms with Crippen LogP contribution in [-0.4, -0.2) is 17.6 Å². The molecular weight excluding hydrogens is 226 g/mol. The molecule has 0 aliphatic carbocycles. The van der Waals surface area contributed by atoms with E-state index in [1.54, 1.807) is 0 Å². The van der Waals surface area contributed by atoms with Gasteiger partial charge in [-0.2, -0.15) is 0 Å². The Morgan fingerprint density at radius 2 is 1.78 bits per heavy atom. The summed E-state index contributed by atoms with van der Waals surface area (Å²) in [5, 5.41) is 12.7. The molecule has 0 aliphatic heterocycles. The van der Waals surface area contributed by atoms with Crippen LogP contribution in [0.2, 0.25) is 0 Å². The van der Waals surface area contributed by atoms with Crippen LogP contribution in [0.4, 0.5) is 0 Å². The molecular formula is C15H23NO2. The van der Waals surface area contributed by atoms with Crippen molar-refractivity contribution >= 4 is 5.91 Å². The highest BCUT2D eigenvalue weighted by Gasteiger charge is 2.10. The third kappa shape index (κ3) is 4.49. The lowest BCUT2D eigenvalue weighted by molar-refractivity contribution is -0.121. The zero-order valence-corrected chi connectivity index (χ0v) is 11.4. The van der Waals surface area contributed by atoms with Gasteiger partial charge in [0.1, 0.15) is 0 Å². The summed E-state index contributed by atoms with van der Waals surface area (Å²) >= 11 is 0. The standard InChI is InChI=1S/C15H23NO2/c1-4-16-15(18)10-9-14(17)13-7-5-12(6-8-13)11(2)3/h5-8,11,14,17H,4,9-10H2,1-3H3,(H,16,18). The minimum Gasteiger partial charge on any atom is -0.388 e. The summed E-state index contributed by atoms with van der Waals surface area (Å²) < 4.78 is 0. The minimum absolute atomic E-state index is 0.00431. The summed E-state index contributed by atoms with van der Waals surface area (Å²) in [4.78, 5) is 11.3. The molecule has 1 aromatic rings. The predicted octanol–water partition coefficient (Wildman–Crippen LogP) is 2.76. The Bertz CT molecular complexity index is 371. The number of aliphatic hydroxyl groups excluding tert-OH is 1. The van der Waals surface area contributed by atoms with Crippen molar-refractivity contribution in [3.63, 3.8) is 0 Å². The van der Waals surface area contributed by atoms with Gasteiger partial charge in [-0.1, -0.05) is 38.1 Å². The summed E-state index contributed by atoms with van der Waals surface area (Å²) in [5.74, 6) is 0.488. The van der Waals surface area contributed by atoms with Gasteiger partial charge >= 0.3 is 0 Å². The second-order valence-corrected chi connectivity index (χ2v) is 4.83. The largest absolute Gasteiger partial charge is 0.388 e. The summed E-state index contributed by atoms with van der Waals surface area (Å²) in [6.07, 6.45) is 0.266. The van der Waals surface area contributed by atoms with Gasteiger partial charge in [0.15, 0.2) is 0 Å². The lowest BCUT2D eigenvalue weighted by atomic mass is 9.98. The van der Waals surface area contributed by atoms with E-state index in [1.165, 1.54) is 5.56 Å². The maximum Gasteiger partial charge on any atom is 0.220 e. The third-order valence-electron chi connectivity index (χ3n) is 3.01. The number of nitrogens with one attached hydrogen (secondary N) is 1. The highest BCUT2D eigenvalue weighted by Crippen LogP contribution is 2.21. The Kier molecular flexibility index (Phi) is 5.86. The molecule has 0 fully saturated rings. The molecule has 3 heteroatoms. The summed E-state index contributed by atoms with van der Waals surface area (Å²) in [5.41, 5.74) is 2.14. The Labute approximate surface area is 109 Å². The molecule has 1 unspecified atom stereocenters. The first-order valence-electron chi connectivity index (χ1n) is 6.59. The van der Waals surface area contributed by atoms with Crippen LogP contribution in [0.1, 0.15) is 56.8 Å². The van der Waals surface area contributed by atoms with Crippen molar-refractivity contribution in [1.82, 2.24) is 5.32 Å². The van der Waals surface area contributed by atoms with Crippen molar-refractivity contribution in [2.45, 2.75) is 45.6 Å². The van der Waals surface area contributed by atoms with Crippen LogP contribution in [0, 0.1) is 0 Å². The topological polar surface area (TPSA) is 49.3 Å². The van der Waals surface area contributed by atoms with Crippen molar-refractivity contribution in [2.75, 3.05) is 6.54 Å². The number of aliphatic hydroxyl groups is 1. The smallest absolute Gasteiger partial charge is 0.220 e. The van der Waals surface area contributed by atoms with Gasteiger partial charge < -0.3 is 10.4 Å². The van der Waals surface area contributed by atoms with E-state index >= 15 is 0 Å². The fourth-order valence-electron chi connectivity index (χ4n) is 1.82. The fourth-order valence-corrected chi connectivity index (χ4v) is 1.82. The molecule has 1 aromatic carbocycles. The van der Waals surface area contributed by atoms with Crippen molar-refractivity contribution in [1.29, 1.82) is 0 Å². The number of amides is 1. The number of carbonyl (C=O) groups is 1. The summed E-state index contributed by atoms with van der Waals surface area (Å²) in [6.45, 7) is 6.80. The van der Waals surface area contributed by atoms with Crippen LogP contribution >= 0.6 is 0 Å². The maximum absolute atomic E-state index is 11.3. The average molecular weight is 249 g/mol. The van der Waals surface area contributed by atoms with E-state index in [4.69, 9.17) is 0 Å². The van der Waals surface area contributed by atoms with Gasteiger partial charge in [-0.15, -0.1) is 0 Å². The van der Waals surface area contributed by atoms with Crippen molar-refractivity contribution < 1.29 is 9.90 Å². The molecule has 2 N–H and O–H groups in total. The van der Waals surface area contributed by atoms with Crippen LogP contribution in [0.5, 0.6) is 0 Å². The van der Waals surface area contributed by atoms with E-state index in [9.17, 15) is 9.90 Å². The molecule has 0 spiro atoms. The van der Waals surface area contributed by atoms with E-state index in [-0.39, 0.29) is 5.91 Å². The van der Waals surface area contributed by atoms with Crippen LogP contribution in [-0.2, 0) is 4.79 Å². The quantitative estimate of drug-likeness (QED) is 0.814. The second-order valence-electron chi connectivity index (χ2n) is 4.83. The van der Waals surface area contributed by atoms with Gasteiger partial charge in [-0.25, -0.2) is 0 Å². The first-order valence-corrected chi connectivity index (χ1v) is 6.59. The minimum atomic E-state index is -0.561. The van der Waals surface area contributed by atoms with Crippen LogP contribution in [0.3, 0.4) is 0 Å². The molecule has 1 atom stereocenters. The molecule has 0 heterocycles. The van der Waals surface area contributed by atoms with E-state index in [0.29, 0.717) is 25.3 Å². The Balaban J connectivity index is 2.51. The fraction of sp³-hybridized carbons (Fsp3) is 0.533. The van der Waals surface area contributed by atoms with Gasteiger partial charge in [0.2, 0.25) is 5.91 Å². The molecule has 0 aromatic heterocycles. The molecule has 0 radical (unpaired) electrons. The van der Waals surface area contributed by atoms with E-state index < -0.39 is 6.10 Å². The Morgan fingerprint density at radius 1 is 1.22 bits per heavy atom. The lowest BCUT2D eigenvalue weighted by Crippen LogP contribution is -2.22. The van der Waals surface area contributed by atoms with Gasteiger partial charge in [-0.3, -0.25) is 4.79 Å². The molecule has 3 nitrogen and oxygen atoms in total. The number of hydrogen-bond donors (Lipinski definition) is 2. The van der Waals surface area contributed by atoms with Gasteiger partial charge in [0.25, 0.3) is 0 Å². The molecule has 18 heavy (non-hydrogen) atoms. The van der Waals surface area contributed by atoms with E-state index in [0.717, 1.165) is 5.56 Å². The number of benzene rings is 1. The lowest BCUT2D eigenvalue weighted by Gasteiger charge is -2.12. The normalized spacial score (nSPS) is 12.5. The molecule has 0 saturated carbocycles. The zero-order chi connectivity index (χ0) is 13.5. The Hall–Kier alpha value is -1.35. The Morgan fingerprint density at radius 3 is 2.28 bits per heavy atom. The van der Waals surface area contributed by atoms with Crippen molar-refractivity contribution in [2.24, 2.45) is 0 Å². The molecule has 0 saturated heterocycles. The average Bonchev–Trinajstić information content (AvgIpc) is 2.36. The number of hydrogen-bond acceptors (Lipinski definition) is 2. The molecule has 0 aliphatic rings. The van der Waals surface area contributed by atoms with Crippen LogP contribution in [0.15, 0.2) is 24.3 Å². The van der Waals surface area contributed by atoms with Gasteiger partial charge in [-0.05, 0) is 30.4 Å². The molecule has 1 rings (SSSR count). The van der Waals surface area contributed by atoms with Crippen LogP contribution < -0.4 is 5.32 Å². The van der Waals surface area contributed by atoms with Crippen molar-refractivity contribution in [3.8, 4) is 0 Å². The number of rotatable bonds is 6. The first kappa shape index (κ1) is 14.7. The van der Waals surface area contributed by atoms with Gasteiger partial charge in [0, 0.05) is 13.0 Å². The maximum atomic E-state index is 11.3. The second kappa shape index (κ2) is 7.17. The SMILES string of the molecule is CCNC(=O)CCC(O)c1ccc(C(C)C)cc1. The first-order chi connectivity index (χ1) is 8.54. The molecule has 0 bridgehead atoms. The summed E-state index contributed by atoms with van der Waals surface area (Å²) in [6, 6.07) is 7.96. The third-order valence-corrected chi connectivity index (χ3v) is 3.01. The molecule has 100 valence electrons. The predicted molar refractivity (Wildman–Crippen MR) is 73.4 cm³/mol. The number of carbonyl (C=O) groups excluding carboxylic acids is 1. The highest BCUT2D eigenvalue weighted by atomic mass is 16.3. The highest BCUT2D eigenvalue weighted by molar-refractivity contribution is 5.75. The monoisotopic (exact) mass is 249 g/mol. The van der Waals surface area contributed by atoms with E-state index in [1.807, 2.05) is 31.2 Å². The molecule has 1 amide bonds.